The number of nitrogens with one attached hydrogen (secondary N) is 2. The lowest BCUT2D eigenvalue weighted by molar-refractivity contribution is 0.628. The highest BCUT2D eigenvalue weighted by atomic mass is 32.1. The van der Waals surface area contributed by atoms with Gasteiger partial charge in [0.2, 0.25) is 0 Å². The smallest absolute Gasteiger partial charge is 0.170 e. The van der Waals surface area contributed by atoms with Gasteiger partial charge in [-0.25, -0.2) is 4.39 Å². The van der Waals surface area contributed by atoms with E-state index in [1.807, 2.05) is 0 Å². The number of rotatable bonds is 1. The molecule has 63 valence electrons. The summed E-state index contributed by atoms with van der Waals surface area (Å²) in [6.45, 7) is 0. The van der Waals surface area contributed by atoms with Gasteiger partial charge >= 0.3 is 0 Å². The van der Waals surface area contributed by atoms with E-state index >= 15 is 0 Å². The molecule has 0 saturated carbocycles. The van der Waals surface area contributed by atoms with Crippen LogP contribution in [0.2, 0.25) is 0 Å². The lowest BCUT2D eigenvalue weighted by atomic mass is 10.3. The van der Waals surface area contributed by atoms with E-state index in [9.17, 15) is 4.39 Å². The maximum absolute atomic E-state index is 12.4. The van der Waals surface area contributed by atoms with Gasteiger partial charge in [0.25, 0.3) is 0 Å². The van der Waals surface area contributed by atoms with Crippen LogP contribution in [0.4, 0.5) is 10.1 Å². The highest BCUT2D eigenvalue weighted by Gasteiger charge is 1.94. The number of hydrogen-bond donors (Lipinski definition) is 2. The summed E-state index contributed by atoms with van der Waals surface area (Å²) in [7, 11) is 3.37. The van der Waals surface area contributed by atoms with Crippen LogP contribution < -0.4 is 10.6 Å². The SMILES string of the molecule is [CH2]NC(=S)Nc1ccc(F)cc1. The van der Waals surface area contributed by atoms with Crippen LogP contribution in [-0.2, 0) is 0 Å². The monoisotopic (exact) mass is 183 g/mol. The van der Waals surface area contributed by atoms with Crippen LogP contribution >= 0.6 is 12.2 Å². The molecule has 2 nitrogen and oxygen atoms in total. The van der Waals surface area contributed by atoms with E-state index in [-0.39, 0.29) is 5.82 Å². The quantitative estimate of drug-likeness (QED) is 0.650. The summed E-state index contributed by atoms with van der Waals surface area (Å²) in [4.78, 5) is 0. The van der Waals surface area contributed by atoms with E-state index in [0.29, 0.717) is 5.11 Å². The van der Waals surface area contributed by atoms with Crippen molar-refractivity contribution in [2.24, 2.45) is 0 Å². The van der Waals surface area contributed by atoms with Crippen molar-refractivity contribution in [1.29, 1.82) is 0 Å². The van der Waals surface area contributed by atoms with Crippen LogP contribution in [0.25, 0.3) is 0 Å². The molecule has 0 heterocycles. The van der Waals surface area contributed by atoms with Crippen LogP contribution in [0, 0.1) is 12.9 Å². The van der Waals surface area contributed by atoms with E-state index in [1.165, 1.54) is 12.1 Å². The molecule has 0 unspecified atom stereocenters. The molecule has 4 heteroatoms. The van der Waals surface area contributed by atoms with Crippen molar-refractivity contribution in [3.8, 4) is 0 Å². The molecular formula is C8H8FN2S. The largest absolute Gasteiger partial charge is 0.361 e. The first-order chi connectivity index (χ1) is 5.72. The number of anilines is 1. The molecule has 0 amide bonds. The third-order valence-corrected chi connectivity index (χ3v) is 1.51. The van der Waals surface area contributed by atoms with Crippen LogP contribution in [0.1, 0.15) is 0 Å². The van der Waals surface area contributed by atoms with Gasteiger partial charge in [0.15, 0.2) is 5.11 Å². The molecule has 0 saturated heterocycles. The van der Waals surface area contributed by atoms with Crippen molar-refractivity contribution in [3.63, 3.8) is 0 Å². The van der Waals surface area contributed by atoms with Crippen molar-refractivity contribution >= 4 is 23.0 Å². The lowest BCUT2D eigenvalue weighted by Gasteiger charge is -2.05. The first-order valence-electron chi connectivity index (χ1n) is 3.32. The molecule has 2 N–H and O–H groups in total. The van der Waals surface area contributed by atoms with Crippen molar-refractivity contribution in [2.45, 2.75) is 0 Å². The fraction of sp³-hybridized carbons (Fsp3) is 0. The summed E-state index contributed by atoms with van der Waals surface area (Å²) in [5.74, 6) is -0.269. The summed E-state index contributed by atoms with van der Waals surface area (Å²) in [5.41, 5.74) is 0.734. The molecule has 0 fully saturated rings. The van der Waals surface area contributed by atoms with E-state index in [1.54, 1.807) is 12.1 Å². The Morgan fingerprint density at radius 3 is 2.42 bits per heavy atom. The van der Waals surface area contributed by atoms with E-state index in [0.717, 1.165) is 5.69 Å². The molecule has 1 aromatic rings. The average Bonchev–Trinajstić information content (AvgIpc) is 2.09. The van der Waals surface area contributed by atoms with E-state index in [2.05, 4.69) is 17.7 Å². The van der Waals surface area contributed by atoms with Crippen LogP contribution in [0.3, 0.4) is 0 Å². The Kier molecular flexibility index (Phi) is 2.99. The zero-order chi connectivity index (χ0) is 8.97. The van der Waals surface area contributed by atoms with Crippen molar-refractivity contribution in [2.75, 3.05) is 5.32 Å². The van der Waals surface area contributed by atoms with Crippen LogP contribution in [0.15, 0.2) is 24.3 Å². The van der Waals surface area contributed by atoms with Gasteiger partial charge in [-0.05, 0) is 36.5 Å². The Morgan fingerprint density at radius 2 is 1.92 bits per heavy atom. The molecule has 0 bridgehead atoms. The molecule has 0 spiro atoms. The van der Waals surface area contributed by atoms with Crippen LogP contribution in [0.5, 0.6) is 0 Å². The molecule has 0 atom stereocenters. The van der Waals surface area contributed by atoms with Gasteiger partial charge in [0.1, 0.15) is 5.82 Å². The Hall–Kier alpha value is -1.16. The normalized spacial score (nSPS) is 9.17. The minimum atomic E-state index is -0.269. The number of thiocarbonyl (C=S) groups is 1. The maximum atomic E-state index is 12.4. The summed E-state index contributed by atoms with van der Waals surface area (Å²) >= 11 is 4.79. The Labute approximate surface area is 75.8 Å². The number of benzene rings is 1. The Balaban J connectivity index is 2.64. The Morgan fingerprint density at radius 1 is 1.33 bits per heavy atom. The second-order valence-corrected chi connectivity index (χ2v) is 2.55. The molecule has 1 aromatic carbocycles. The molecule has 0 aliphatic heterocycles. The lowest BCUT2D eigenvalue weighted by Crippen LogP contribution is -2.22. The number of halogens is 1. The van der Waals surface area contributed by atoms with Gasteiger partial charge in [-0.1, -0.05) is 0 Å². The van der Waals surface area contributed by atoms with Gasteiger partial charge in [-0.3, -0.25) is 0 Å². The van der Waals surface area contributed by atoms with E-state index < -0.39 is 0 Å². The van der Waals surface area contributed by atoms with Crippen LogP contribution in [-0.4, -0.2) is 5.11 Å². The third-order valence-electron chi connectivity index (χ3n) is 1.26. The highest BCUT2D eigenvalue weighted by Crippen LogP contribution is 2.07. The predicted molar refractivity (Wildman–Crippen MR) is 51.1 cm³/mol. The second-order valence-electron chi connectivity index (χ2n) is 2.14. The summed E-state index contributed by atoms with van der Waals surface area (Å²) in [5, 5.41) is 5.72. The average molecular weight is 183 g/mol. The summed E-state index contributed by atoms with van der Waals surface area (Å²) in [6.07, 6.45) is 0. The third kappa shape index (κ3) is 2.47. The molecule has 12 heavy (non-hydrogen) atoms. The van der Waals surface area contributed by atoms with Crippen molar-refractivity contribution in [3.05, 3.63) is 37.1 Å². The maximum Gasteiger partial charge on any atom is 0.170 e. The van der Waals surface area contributed by atoms with Crippen molar-refractivity contribution < 1.29 is 4.39 Å². The zero-order valence-corrected chi connectivity index (χ0v) is 7.12. The topological polar surface area (TPSA) is 24.1 Å². The highest BCUT2D eigenvalue weighted by molar-refractivity contribution is 7.80. The van der Waals surface area contributed by atoms with Gasteiger partial charge in [0.05, 0.1) is 0 Å². The summed E-state index contributed by atoms with van der Waals surface area (Å²) < 4.78 is 12.4. The fourth-order valence-corrected chi connectivity index (χ4v) is 0.826. The van der Waals surface area contributed by atoms with Crippen molar-refractivity contribution in [1.82, 2.24) is 5.32 Å². The minimum absolute atomic E-state index is 0.269. The zero-order valence-electron chi connectivity index (χ0n) is 6.30. The first kappa shape index (κ1) is 8.93. The van der Waals surface area contributed by atoms with E-state index in [4.69, 9.17) is 12.2 Å². The second kappa shape index (κ2) is 4.01. The summed E-state index contributed by atoms with van der Waals surface area (Å²) in [6, 6.07) is 5.90. The molecule has 0 aliphatic rings. The first-order valence-corrected chi connectivity index (χ1v) is 3.73. The molecular weight excluding hydrogens is 175 g/mol. The number of hydrogen-bond acceptors (Lipinski definition) is 1. The van der Waals surface area contributed by atoms with Gasteiger partial charge < -0.3 is 10.6 Å². The molecule has 0 aromatic heterocycles. The molecule has 0 aliphatic carbocycles. The predicted octanol–water partition coefficient (Wildman–Crippen LogP) is 1.90. The van der Waals surface area contributed by atoms with Gasteiger partial charge in [0, 0.05) is 12.7 Å². The minimum Gasteiger partial charge on any atom is -0.361 e. The van der Waals surface area contributed by atoms with Gasteiger partial charge in [-0.15, -0.1) is 0 Å². The molecule has 1 radical (unpaired) electrons. The molecule has 1 rings (SSSR count). The Bertz CT molecular complexity index is 271. The van der Waals surface area contributed by atoms with Gasteiger partial charge in [-0.2, -0.15) is 0 Å². The standard InChI is InChI=1S/C8H8FN2S/c1-10-8(12)11-7-4-2-6(9)3-5-7/h2-5H,1H2,(H2,10,11,12). The fourth-order valence-electron chi connectivity index (χ4n) is 0.709.